The van der Waals surface area contributed by atoms with Gasteiger partial charge in [0.05, 0.1) is 7.85 Å². The molecule has 1 rings (SSSR count). The van der Waals surface area contributed by atoms with Crippen molar-refractivity contribution >= 4 is 37.0 Å². The predicted molar refractivity (Wildman–Crippen MR) is 101 cm³/mol. The Bertz CT molecular complexity index is 531. The first-order valence-electron chi connectivity index (χ1n) is 8.26. The maximum absolute atomic E-state index is 11.4. The number of carboxylic acid groups (broad SMARTS) is 1. The van der Waals surface area contributed by atoms with E-state index in [-0.39, 0.29) is 0 Å². The molecule has 0 amide bonds. The third-order valence-corrected chi connectivity index (χ3v) is 4.65. The van der Waals surface area contributed by atoms with Crippen molar-refractivity contribution in [3.05, 3.63) is 33.8 Å². The molecule has 0 aliphatic carbocycles. The van der Waals surface area contributed by atoms with Gasteiger partial charge in [0.15, 0.2) is 0 Å². The topological polar surface area (TPSA) is 75.3 Å². The van der Waals surface area contributed by atoms with Crippen molar-refractivity contribution in [3.8, 4) is 0 Å². The maximum Gasteiger partial charge on any atom is 0.323 e. The third kappa shape index (κ3) is 7.43. The molecule has 132 valence electrons. The fourth-order valence-electron chi connectivity index (χ4n) is 2.49. The standard InChI is InChI=1S/C17H25BCl2N2O2/c18-9-2-1-7-17(21,16(23)24)8-11-22-10-3-4-13-5-6-14(19)12-15(13)20/h5-6,12,22H,1-4,7-11,21H2,(H,23,24). The number of halogens is 2. The van der Waals surface area contributed by atoms with Crippen molar-refractivity contribution in [2.45, 2.75) is 50.4 Å². The van der Waals surface area contributed by atoms with Crippen LogP contribution in [-0.2, 0) is 11.2 Å². The Labute approximate surface area is 155 Å². The molecule has 0 spiro atoms. The number of hydrogen-bond donors (Lipinski definition) is 3. The summed E-state index contributed by atoms with van der Waals surface area (Å²) in [6.07, 6.45) is 4.67. The van der Waals surface area contributed by atoms with E-state index in [4.69, 9.17) is 36.8 Å². The molecule has 0 bridgehead atoms. The molecule has 0 saturated heterocycles. The first-order chi connectivity index (χ1) is 11.4. The molecule has 0 heterocycles. The van der Waals surface area contributed by atoms with Gasteiger partial charge in [0.1, 0.15) is 5.54 Å². The zero-order valence-corrected chi connectivity index (χ0v) is 15.4. The summed E-state index contributed by atoms with van der Waals surface area (Å²) in [5, 5.41) is 13.9. The molecule has 0 fully saturated rings. The first-order valence-corrected chi connectivity index (χ1v) is 9.01. The van der Waals surface area contributed by atoms with Crippen molar-refractivity contribution in [2.24, 2.45) is 5.73 Å². The monoisotopic (exact) mass is 370 g/mol. The van der Waals surface area contributed by atoms with Gasteiger partial charge < -0.3 is 16.2 Å². The average molecular weight is 371 g/mol. The molecule has 4 nitrogen and oxygen atoms in total. The van der Waals surface area contributed by atoms with Crippen LogP contribution in [0, 0.1) is 0 Å². The Balaban J connectivity index is 2.27. The van der Waals surface area contributed by atoms with Crippen LogP contribution in [-0.4, -0.2) is 37.6 Å². The highest BCUT2D eigenvalue weighted by atomic mass is 35.5. The van der Waals surface area contributed by atoms with Gasteiger partial charge in [-0.15, -0.1) is 0 Å². The molecular formula is C17H25BCl2N2O2. The van der Waals surface area contributed by atoms with Gasteiger partial charge in [-0.05, 0) is 56.5 Å². The smallest absolute Gasteiger partial charge is 0.323 e. The van der Waals surface area contributed by atoms with Crippen molar-refractivity contribution in [3.63, 3.8) is 0 Å². The summed E-state index contributed by atoms with van der Waals surface area (Å²) >= 11 is 12.0. The van der Waals surface area contributed by atoms with Crippen LogP contribution in [0.2, 0.25) is 16.4 Å². The Kier molecular flexibility index (Phi) is 9.75. The van der Waals surface area contributed by atoms with Gasteiger partial charge in [-0.2, -0.15) is 0 Å². The number of aryl methyl sites for hydroxylation is 1. The zero-order valence-electron chi connectivity index (χ0n) is 13.9. The summed E-state index contributed by atoms with van der Waals surface area (Å²) in [7, 11) is 5.44. The predicted octanol–water partition coefficient (Wildman–Crippen LogP) is 3.44. The highest BCUT2D eigenvalue weighted by molar-refractivity contribution is 6.35. The lowest BCUT2D eigenvalue weighted by Crippen LogP contribution is -2.49. The number of carboxylic acids is 1. The number of carbonyl (C=O) groups is 1. The van der Waals surface area contributed by atoms with Crippen LogP contribution in [0.25, 0.3) is 0 Å². The van der Waals surface area contributed by atoms with Crippen molar-refractivity contribution in [1.29, 1.82) is 0 Å². The highest BCUT2D eigenvalue weighted by Gasteiger charge is 2.32. The first kappa shape index (κ1) is 21.3. The Morgan fingerprint density at radius 2 is 1.96 bits per heavy atom. The molecule has 1 unspecified atom stereocenters. The van der Waals surface area contributed by atoms with E-state index in [9.17, 15) is 9.90 Å². The lowest BCUT2D eigenvalue weighted by molar-refractivity contribution is -0.143. The largest absolute Gasteiger partial charge is 0.480 e. The molecule has 0 aliphatic rings. The number of nitrogens with two attached hydrogens (primary N) is 1. The normalized spacial score (nSPS) is 13.6. The van der Waals surface area contributed by atoms with Gasteiger partial charge in [0.25, 0.3) is 0 Å². The van der Waals surface area contributed by atoms with E-state index in [1.165, 1.54) is 0 Å². The highest BCUT2D eigenvalue weighted by Crippen LogP contribution is 2.22. The summed E-state index contributed by atoms with van der Waals surface area (Å²) in [5.74, 6) is -0.950. The minimum Gasteiger partial charge on any atom is -0.480 e. The fourth-order valence-corrected chi connectivity index (χ4v) is 2.99. The van der Waals surface area contributed by atoms with E-state index in [0.717, 1.165) is 37.8 Å². The SMILES string of the molecule is [B]CCCCC(N)(CCNCCCc1ccc(Cl)cc1Cl)C(=O)O. The van der Waals surface area contributed by atoms with E-state index in [1.807, 2.05) is 12.1 Å². The number of hydrogen-bond acceptors (Lipinski definition) is 3. The van der Waals surface area contributed by atoms with Crippen molar-refractivity contribution in [1.82, 2.24) is 5.32 Å². The minimum atomic E-state index is -1.18. The van der Waals surface area contributed by atoms with Crippen LogP contribution in [0.5, 0.6) is 0 Å². The number of rotatable bonds is 12. The Morgan fingerprint density at radius 1 is 1.21 bits per heavy atom. The fraction of sp³-hybridized carbons (Fsp3) is 0.588. The van der Waals surface area contributed by atoms with Crippen LogP contribution >= 0.6 is 23.2 Å². The van der Waals surface area contributed by atoms with Crippen LogP contribution in [0.3, 0.4) is 0 Å². The van der Waals surface area contributed by atoms with Crippen LogP contribution in [0.15, 0.2) is 18.2 Å². The molecule has 24 heavy (non-hydrogen) atoms. The van der Waals surface area contributed by atoms with Gasteiger partial charge in [-0.25, -0.2) is 0 Å². The summed E-state index contributed by atoms with van der Waals surface area (Å²) in [6, 6.07) is 5.49. The lowest BCUT2D eigenvalue weighted by atomic mass is 9.88. The zero-order chi connectivity index (χ0) is 18.0. The molecule has 1 aromatic rings. The number of benzene rings is 1. The Hall–Kier alpha value is -0.745. The van der Waals surface area contributed by atoms with Crippen molar-refractivity contribution < 1.29 is 9.90 Å². The summed E-state index contributed by atoms with van der Waals surface area (Å²) in [6.45, 7) is 1.34. The van der Waals surface area contributed by atoms with Crippen LogP contribution in [0.1, 0.15) is 37.7 Å². The summed E-state index contributed by atoms with van der Waals surface area (Å²) in [4.78, 5) is 11.4. The Morgan fingerprint density at radius 3 is 2.58 bits per heavy atom. The summed E-state index contributed by atoms with van der Waals surface area (Å²) in [5.41, 5.74) is 5.89. The van der Waals surface area contributed by atoms with Gasteiger partial charge in [0.2, 0.25) is 0 Å². The molecule has 0 saturated carbocycles. The van der Waals surface area contributed by atoms with Gasteiger partial charge in [-0.1, -0.05) is 48.4 Å². The molecule has 0 aromatic heterocycles. The van der Waals surface area contributed by atoms with Gasteiger partial charge in [0, 0.05) is 10.0 Å². The summed E-state index contributed by atoms with van der Waals surface area (Å²) < 4.78 is 0. The van der Waals surface area contributed by atoms with E-state index in [0.29, 0.717) is 35.8 Å². The van der Waals surface area contributed by atoms with E-state index in [2.05, 4.69) is 5.32 Å². The molecule has 7 heteroatoms. The maximum atomic E-state index is 11.4. The van der Waals surface area contributed by atoms with Gasteiger partial charge in [-0.3, -0.25) is 4.79 Å². The molecule has 2 radical (unpaired) electrons. The van der Waals surface area contributed by atoms with E-state index < -0.39 is 11.5 Å². The molecule has 1 aromatic carbocycles. The van der Waals surface area contributed by atoms with Crippen LogP contribution in [0.4, 0.5) is 0 Å². The quantitative estimate of drug-likeness (QED) is 0.389. The molecule has 0 aliphatic heterocycles. The molecule has 1 atom stereocenters. The second-order valence-electron chi connectivity index (χ2n) is 6.05. The third-order valence-electron chi connectivity index (χ3n) is 4.07. The van der Waals surface area contributed by atoms with E-state index >= 15 is 0 Å². The van der Waals surface area contributed by atoms with Gasteiger partial charge >= 0.3 is 5.97 Å². The van der Waals surface area contributed by atoms with Crippen LogP contribution < -0.4 is 11.1 Å². The lowest BCUT2D eigenvalue weighted by Gasteiger charge is -2.24. The molecule has 4 N–H and O–H groups in total. The minimum absolute atomic E-state index is 0.397. The number of unbranched alkanes of at least 4 members (excludes halogenated alkanes) is 1. The average Bonchev–Trinajstić information content (AvgIpc) is 2.52. The van der Waals surface area contributed by atoms with Crippen molar-refractivity contribution in [2.75, 3.05) is 13.1 Å². The second kappa shape index (κ2) is 11.0. The van der Waals surface area contributed by atoms with E-state index in [1.54, 1.807) is 6.07 Å². The number of aliphatic carboxylic acids is 1. The number of nitrogens with one attached hydrogen (secondary N) is 1. The molecular weight excluding hydrogens is 346 g/mol. The second-order valence-corrected chi connectivity index (χ2v) is 6.89.